The number of imidazole rings is 1. The number of aromatic amines is 1. The molecule has 0 spiro atoms. The van der Waals surface area contributed by atoms with E-state index in [4.69, 9.17) is 0 Å². The fourth-order valence-electron chi connectivity index (χ4n) is 3.43. The van der Waals surface area contributed by atoms with Crippen LogP contribution in [-0.4, -0.2) is 20.6 Å². The van der Waals surface area contributed by atoms with Gasteiger partial charge in [0.2, 0.25) is 0 Å². The SMILES string of the molecule is CC1CCCC(n2c(=O)[nH]c3cccc(C(=O)O)c32)CC1. The molecule has 1 saturated carbocycles. The molecule has 0 radical (unpaired) electrons. The van der Waals surface area contributed by atoms with E-state index in [0.717, 1.165) is 25.7 Å². The molecule has 1 aliphatic carbocycles. The summed E-state index contributed by atoms with van der Waals surface area (Å²) in [5, 5.41) is 9.38. The van der Waals surface area contributed by atoms with Crippen molar-refractivity contribution in [2.45, 2.75) is 45.1 Å². The van der Waals surface area contributed by atoms with Crippen LogP contribution in [-0.2, 0) is 0 Å². The zero-order chi connectivity index (χ0) is 15.0. The van der Waals surface area contributed by atoms with Crippen molar-refractivity contribution in [3.05, 3.63) is 34.2 Å². The molecule has 1 fully saturated rings. The van der Waals surface area contributed by atoms with Crippen LogP contribution in [0, 0.1) is 5.92 Å². The lowest BCUT2D eigenvalue weighted by molar-refractivity contribution is 0.0698. The lowest BCUT2D eigenvalue weighted by Crippen LogP contribution is -2.23. The Morgan fingerprint density at radius 3 is 2.86 bits per heavy atom. The highest BCUT2D eigenvalue weighted by Gasteiger charge is 2.23. The molecule has 5 nitrogen and oxygen atoms in total. The van der Waals surface area contributed by atoms with Gasteiger partial charge < -0.3 is 10.1 Å². The van der Waals surface area contributed by atoms with Gasteiger partial charge in [0, 0.05) is 6.04 Å². The van der Waals surface area contributed by atoms with Gasteiger partial charge in [-0.2, -0.15) is 0 Å². The highest BCUT2D eigenvalue weighted by molar-refractivity contribution is 6.01. The van der Waals surface area contributed by atoms with E-state index in [0.29, 0.717) is 17.0 Å². The summed E-state index contributed by atoms with van der Waals surface area (Å²) in [5.41, 5.74) is 1.15. The predicted octanol–water partition coefficient (Wildman–Crippen LogP) is 3.17. The molecule has 0 bridgehead atoms. The standard InChI is InChI=1S/C16H20N2O3/c1-10-4-2-5-11(9-8-10)18-14-12(15(19)20)6-3-7-13(14)17-16(18)21/h3,6-7,10-11H,2,4-5,8-9H2,1H3,(H,17,21)(H,19,20). The first kappa shape index (κ1) is 13.9. The normalized spacial score (nSPS) is 23.1. The monoisotopic (exact) mass is 288 g/mol. The third-order valence-electron chi connectivity index (χ3n) is 4.56. The van der Waals surface area contributed by atoms with Gasteiger partial charge in [-0.3, -0.25) is 4.57 Å². The van der Waals surface area contributed by atoms with Crippen molar-refractivity contribution in [2.75, 3.05) is 0 Å². The number of H-pyrrole nitrogens is 1. The smallest absolute Gasteiger partial charge is 0.337 e. The van der Waals surface area contributed by atoms with Crippen LogP contribution in [0.3, 0.4) is 0 Å². The summed E-state index contributed by atoms with van der Waals surface area (Å²) in [4.78, 5) is 26.6. The van der Waals surface area contributed by atoms with Crippen molar-refractivity contribution in [3.63, 3.8) is 0 Å². The summed E-state index contributed by atoms with van der Waals surface area (Å²) in [6.07, 6.45) is 5.21. The van der Waals surface area contributed by atoms with E-state index in [1.54, 1.807) is 22.8 Å². The number of carboxylic acid groups (broad SMARTS) is 1. The van der Waals surface area contributed by atoms with Crippen LogP contribution in [0.4, 0.5) is 0 Å². The molecule has 0 saturated heterocycles. The van der Waals surface area contributed by atoms with Gasteiger partial charge in [0.1, 0.15) is 0 Å². The summed E-state index contributed by atoms with van der Waals surface area (Å²) in [7, 11) is 0. The molecule has 2 unspecified atom stereocenters. The van der Waals surface area contributed by atoms with Crippen LogP contribution in [0.15, 0.2) is 23.0 Å². The van der Waals surface area contributed by atoms with Crippen molar-refractivity contribution < 1.29 is 9.90 Å². The Morgan fingerprint density at radius 1 is 1.29 bits per heavy atom. The molecular weight excluding hydrogens is 268 g/mol. The zero-order valence-corrected chi connectivity index (χ0v) is 12.1. The predicted molar refractivity (Wildman–Crippen MR) is 80.8 cm³/mol. The Balaban J connectivity index is 2.15. The number of carboxylic acids is 1. The first-order chi connectivity index (χ1) is 10.1. The average Bonchev–Trinajstić information content (AvgIpc) is 2.63. The second-order valence-corrected chi connectivity index (χ2v) is 6.07. The molecule has 1 aliphatic rings. The Morgan fingerprint density at radius 2 is 2.10 bits per heavy atom. The number of aromatic nitrogens is 2. The number of nitrogens with one attached hydrogen (secondary N) is 1. The number of nitrogens with zero attached hydrogens (tertiary/aromatic N) is 1. The fourth-order valence-corrected chi connectivity index (χ4v) is 3.43. The van der Waals surface area contributed by atoms with E-state index in [1.165, 1.54) is 6.42 Å². The Bertz CT molecular complexity index is 729. The number of benzene rings is 1. The van der Waals surface area contributed by atoms with Crippen LogP contribution < -0.4 is 5.69 Å². The maximum absolute atomic E-state index is 12.3. The lowest BCUT2D eigenvalue weighted by Gasteiger charge is -2.17. The molecule has 5 heteroatoms. The van der Waals surface area contributed by atoms with Crippen molar-refractivity contribution in [2.24, 2.45) is 5.92 Å². The number of fused-ring (bicyclic) bond motifs is 1. The highest BCUT2D eigenvalue weighted by atomic mass is 16.4. The van der Waals surface area contributed by atoms with Gasteiger partial charge in [-0.1, -0.05) is 25.8 Å². The van der Waals surface area contributed by atoms with Crippen molar-refractivity contribution in [1.29, 1.82) is 0 Å². The molecule has 1 heterocycles. The molecule has 2 aromatic rings. The van der Waals surface area contributed by atoms with Crippen LogP contribution in [0.25, 0.3) is 11.0 Å². The van der Waals surface area contributed by atoms with Gasteiger partial charge in [-0.25, -0.2) is 9.59 Å². The molecule has 112 valence electrons. The summed E-state index contributed by atoms with van der Waals surface area (Å²) in [6.45, 7) is 2.24. The summed E-state index contributed by atoms with van der Waals surface area (Å²) >= 11 is 0. The van der Waals surface area contributed by atoms with E-state index in [9.17, 15) is 14.7 Å². The third-order valence-corrected chi connectivity index (χ3v) is 4.56. The summed E-state index contributed by atoms with van der Waals surface area (Å²) in [5.74, 6) is -0.315. The number of hydrogen-bond acceptors (Lipinski definition) is 2. The van der Waals surface area contributed by atoms with E-state index in [-0.39, 0.29) is 17.3 Å². The Kier molecular flexibility index (Phi) is 3.57. The molecule has 2 atom stereocenters. The van der Waals surface area contributed by atoms with E-state index < -0.39 is 5.97 Å². The van der Waals surface area contributed by atoms with Crippen LogP contribution in [0.2, 0.25) is 0 Å². The van der Waals surface area contributed by atoms with Gasteiger partial charge >= 0.3 is 11.7 Å². The molecule has 0 aliphatic heterocycles. The molecule has 1 aromatic heterocycles. The largest absolute Gasteiger partial charge is 0.478 e. The van der Waals surface area contributed by atoms with Gasteiger partial charge in [-0.05, 0) is 37.3 Å². The van der Waals surface area contributed by atoms with Gasteiger partial charge in [0.25, 0.3) is 0 Å². The summed E-state index contributed by atoms with van der Waals surface area (Å²) in [6, 6.07) is 5.09. The maximum atomic E-state index is 12.3. The molecule has 21 heavy (non-hydrogen) atoms. The van der Waals surface area contributed by atoms with Crippen molar-refractivity contribution >= 4 is 17.0 Å². The minimum Gasteiger partial charge on any atom is -0.478 e. The number of hydrogen-bond donors (Lipinski definition) is 2. The molecule has 1 aromatic carbocycles. The topological polar surface area (TPSA) is 75.1 Å². The van der Waals surface area contributed by atoms with Gasteiger partial charge in [0.15, 0.2) is 0 Å². The minimum atomic E-state index is -0.990. The number of carbonyl (C=O) groups is 1. The van der Waals surface area contributed by atoms with Crippen molar-refractivity contribution in [1.82, 2.24) is 9.55 Å². The van der Waals surface area contributed by atoms with Crippen LogP contribution in [0.1, 0.15) is 55.4 Å². The van der Waals surface area contributed by atoms with Crippen LogP contribution >= 0.6 is 0 Å². The zero-order valence-electron chi connectivity index (χ0n) is 12.1. The number of para-hydroxylation sites is 1. The maximum Gasteiger partial charge on any atom is 0.337 e. The molecular formula is C16H20N2O3. The quantitative estimate of drug-likeness (QED) is 0.833. The fraction of sp³-hybridized carbons (Fsp3) is 0.500. The second-order valence-electron chi connectivity index (χ2n) is 6.07. The van der Waals surface area contributed by atoms with Gasteiger partial charge in [0.05, 0.1) is 16.6 Å². The summed E-state index contributed by atoms with van der Waals surface area (Å²) < 4.78 is 1.68. The lowest BCUT2D eigenvalue weighted by atomic mass is 10.0. The second kappa shape index (κ2) is 5.39. The van der Waals surface area contributed by atoms with Crippen molar-refractivity contribution in [3.8, 4) is 0 Å². The first-order valence-corrected chi connectivity index (χ1v) is 7.54. The number of rotatable bonds is 2. The third kappa shape index (κ3) is 2.48. The van der Waals surface area contributed by atoms with E-state index >= 15 is 0 Å². The average molecular weight is 288 g/mol. The molecule has 3 rings (SSSR count). The molecule has 0 amide bonds. The number of aromatic carboxylic acids is 1. The van der Waals surface area contributed by atoms with E-state index in [1.807, 2.05) is 0 Å². The van der Waals surface area contributed by atoms with Gasteiger partial charge in [-0.15, -0.1) is 0 Å². The van der Waals surface area contributed by atoms with E-state index in [2.05, 4.69) is 11.9 Å². The molecule has 2 N–H and O–H groups in total. The first-order valence-electron chi connectivity index (χ1n) is 7.54. The Hall–Kier alpha value is -2.04. The minimum absolute atomic E-state index is 0.0942. The Labute approximate surface area is 122 Å². The highest BCUT2D eigenvalue weighted by Crippen LogP contribution is 2.32. The van der Waals surface area contributed by atoms with Crippen LogP contribution in [0.5, 0.6) is 0 Å².